The Morgan fingerprint density at radius 1 is 1.04 bits per heavy atom. The zero-order valence-electron chi connectivity index (χ0n) is 14.9. The third kappa shape index (κ3) is 3.65. The predicted octanol–water partition coefficient (Wildman–Crippen LogP) is 2.25. The van der Waals surface area contributed by atoms with Crippen molar-refractivity contribution in [3.8, 4) is 0 Å². The SMILES string of the molecule is O=c1cc2c(nn1CCNS(=O)(=O)c1cccc3ccccc13)CCCC2. The molecule has 0 bridgehead atoms. The van der Waals surface area contributed by atoms with Crippen LogP contribution in [0.5, 0.6) is 0 Å². The van der Waals surface area contributed by atoms with Crippen molar-refractivity contribution in [2.24, 2.45) is 0 Å². The van der Waals surface area contributed by atoms with Gasteiger partial charge < -0.3 is 0 Å². The lowest BCUT2D eigenvalue weighted by molar-refractivity contribution is 0.526. The van der Waals surface area contributed by atoms with Crippen LogP contribution in [-0.2, 0) is 29.4 Å². The maximum atomic E-state index is 12.7. The summed E-state index contributed by atoms with van der Waals surface area (Å²) in [5.74, 6) is 0. The minimum absolute atomic E-state index is 0.108. The molecule has 0 spiro atoms. The van der Waals surface area contributed by atoms with Gasteiger partial charge in [-0.3, -0.25) is 4.79 Å². The first-order valence-electron chi connectivity index (χ1n) is 9.12. The largest absolute Gasteiger partial charge is 0.268 e. The molecule has 0 saturated carbocycles. The van der Waals surface area contributed by atoms with Gasteiger partial charge in [-0.25, -0.2) is 17.8 Å². The third-order valence-electron chi connectivity index (χ3n) is 4.93. The van der Waals surface area contributed by atoms with E-state index >= 15 is 0 Å². The number of fused-ring (bicyclic) bond motifs is 2. The molecule has 140 valence electrons. The molecule has 1 aliphatic rings. The molecule has 0 radical (unpaired) electrons. The Balaban J connectivity index is 1.52. The van der Waals surface area contributed by atoms with Gasteiger partial charge in [0.05, 0.1) is 17.1 Å². The zero-order valence-corrected chi connectivity index (χ0v) is 15.7. The van der Waals surface area contributed by atoms with Gasteiger partial charge in [-0.15, -0.1) is 0 Å². The van der Waals surface area contributed by atoms with E-state index in [2.05, 4.69) is 9.82 Å². The fraction of sp³-hybridized carbons (Fsp3) is 0.300. The number of sulfonamides is 1. The molecular weight excluding hydrogens is 362 g/mol. The molecule has 0 fully saturated rings. The fourth-order valence-corrected chi connectivity index (χ4v) is 4.80. The predicted molar refractivity (Wildman–Crippen MR) is 104 cm³/mol. The highest BCUT2D eigenvalue weighted by molar-refractivity contribution is 7.89. The van der Waals surface area contributed by atoms with Crippen LogP contribution in [0, 0.1) is 0 Å². The van der Waals surface area contributed by atoms with E-state index in [1.807, 2.05) is 24.3 Å². The second kappa shape index (κ2) is 7.25. The lowest BCUT2D eigenvalue weighted by atomic mass is 9.97. The van der Waals surface area contributed by atoms with Gasteiger partial charge in [0.25, 0.3) is 5.56 Å². The minimum atomic E-state index is -3.68. The second-order valence-electron chi connectivity index (χ2n) is 6.76. The van der Waals surface area contributed by atoms with E-state index in [0.717, 1.165) is 42.3 Å². The lowest BCUT2D eigenvalue weighted by Gasteiger charge is -2.16. The van der Waals surface area contributed by atoms with Gasteiger partial charge in [0, 0.05) is 18.0 Å². The molecule has 4 rings (SSSR count). The summed E-state index contributed by atoms with van der Waals surface area (Å²) in [5.41, 5.74) is 1.80. The minimum Gasteiger partial charge on any atom is -0.268 e. The molecule has 0 unspecified atom stereocenters. The number of rotatable bonds is 5. The Morgan fingerprint density at radius 3 is 2.70 bits per heavy atom. The van der Waals surface area contributed by atoms with Crippen LogP contribution >= 0.6 is 0 Å². The number of aromatic nitrogens is 2. The Bertz CT molecular complexity index is 1150. The summed E-state index contributed by atoms with van der Waals surface area (Å²) < 4.78 is 29.4. The fourth-order valence-electron chi connectivity index (χ4n) is 3.55. The van der Waals surface area contributed by atoms with Gasteiger partial charge in [0.15, 0.2) is 0 Å². The number of nitrogens with one attached hydrogen (secondary N) is 1. The summed E-state index contributed by atoms with van der Waals surface area (Å²) in [4.78, 5) is 12.5. The van der Waals surface area contributed by atoms with E-state index in [0.29, 0.717) is 5.39 Å². The first-order chi connectivity index (χ1) is 13.0. The van der Waals surface area contributed by atoms with Gasteiger partial charge in [-0.05, 0) is 42.7 Å². The first-order valence-corrected chi connectivity index (χ1v) is 10.6. The van der Waals surface area contributed by atoms with Crippen molar-refractivity contribution in [3.63, 3.8) is 0 Å². The molecule has 1 N–H and O–H groups in total. The maximum Gasteiger partial charge on any atom is 0.267 e. The van der Waals surface area contributed by atoms with Gasteiger partial charge >= 0.3 is 0 Å². The lowest BCUT2D eigenvalue weighted by Crippen LogP contribution is -2.33. The maximum absolute atomic E-state index is 12.7. The number of hydrogen-bond donors (Lipinski definition) is 1. The van der Waals surface area contributed by atoms with Crippen LogP contribution in [0.4, 0.5) is 0 Å². The van der Waals surface area contributed by atoms with Crippen LogP contribution in [0.3, 0.4) is 0 Å². The van der Waals surface area contributed by atoms with E-state index in [1.165, 1.54) is 4.68 Å². The average molecular weight is 383 g/mol. The Morgan fingerprint density at radius 2 is 1.81 bits per heavy atom. The Kier molecular flexibility index (Phi) is 4.80. The van der Waals surface area contributed by atoms with Crippen molar-refractivity contribution < 1.29 is 8.42 Å². The molecule has 6 nitrogen and oxygen atoms in total. The average Bonchev–Trinajstić information content (AvgIpc) is 2.68. The van der Waals surface area contributed by atoms with Gasteiger partial charge in [-0.1, -0.05) is 36.4 Å². The van der Waals surface area contributed by atoms with E-state index in [1.54, 1.807) is 24.3 Å². The first kappa shape index (κ1) is 17.9. The molecule has 7 heteroatoms. The van der Waals surface area contributed by atoms with E-state index < -0.39 is 10.0 Å². The van der Waals surface area contributed by atoms with Gasteiger partial charge in [0.2, 0.25) is 10.0 Å². The molecule has 27 heavy (non-hydrogen) atoms. The van der Waals surface area contributed by atoms with Crippen molar-refractivity contribution >= 4 is 20.8 Å². The summed E-state index contributed by atoms with van der Waals surface area (Å²) in [5, 5.41) is 5.97. The zero-order chi connectivity index (χ0) is 18.9. The van der Waals surface area contributed by atoms with Gasteiger partial charge in [0.1, 0.15) is 0 Å². The van der Waals surface area contributed by atoms with Crippen LogP contribution in [0.15, 0.2) is 58.2 Å². The van der Waals surface area contributed by atoms with Gasteiger partial charge in [-0.2, -0.15) is 5.10 Å². The summed E-state index contributed by atoms with van der Waals surface area (Å²) in [7, 11) is -3.68. The van der Waals surface area contributed by atoms with E-state index in [4.69, 9.17) is 0 Å². The van der Waals surface area contributed by atoms with Crippen molar-refractivity contribution in [2.75, 3.05) is 6.54 Å². The number of hydrogen-bond acceptors (Lipinski definition) is 4. The number of benzene rings is 2. The van der Waals surface area contributed by atoms with Crippen LogP contribution in [0.2, 0.25) is 0 Å². The molecule has 0 amide bonds. The molecule has 2 aromatic carbocycles. The molecular formula is C20H21N3O3S. The van der Waals surface area contributed by atoms with E-state index in [9.17, 15) is 13.2 Å². The van der Waals surface area contributed by atoms with Crippen LogP contribution in [0.25, 0.3) is 10.8 Å². The highest BCUT2D eigenvalue weighted by atomic mass is 32.2. The molecule has 1 heterocycles. The van der Waals surface area contributed by atoms with Crippen molar-refractivity contribution in [1.82, 2.24) is 14.5 Å². The Hall–Kier alpha value is -2.51. The molecule has 0 atom stereocenters. The topological polar surface area (TPSA) is 81.1 Å². The quantitative estimate of drug-likeness (QED) is 0.733. The van der Waals surface area contributed by atoms with Crippen molar-refractivity contribution in [1.29, 1.82) is 0 Å². The van der Waals surface area contributed by atoms with Crippen LogP contribution in [0.1, 0.15) is 24.1 Å². The summed E-state index contributed by atoms with van der Waals surface area (Å²) in [6.45, 7) is 0.313. The summed E-state index contributed by atoms with van der Waals surface area (Å²) in [6, 6.07) is 14.2. The summed E-state index contributed by atoms with van der Waals surface area (Å²) in [6.07, 6.45) is 3.93. The smallest absolute Gasteiger partial charge is 0.267 e. The standard InChI is InChI=1S/C20H21N3O3S/c24-20-14-16-7-2-4-10-18(16)22-23(20)13-12-21-27(25,26)19-11-5-8-15-6-1-3-9-17(15)19/h1,3,5-6,8-9,11,14,21H,2,4,7,10,12-13H2. The second-order valence-corrected chi connectivity index (χ2v) is 8.50. The Labute approximate surface area is 157 Å². The monoisotopic (exact) mass is 383 g/mol. The summed E-state index contributed by atoms with van der Waals surface area (Å²) >= 11 is 0. The highest BCUT2D eigenvalue weighted by Crippen LogP contribution is 2.22. The van der Waals surface area contributed by atoms with Crippen LogP contribution < -0.4 is 10.3 Å². The molecule has 3 aromatic rings. The molecule has 1 aromatic heterocycles. The number of aryl methyl sites for hydroxylation is 2. The molecule has 0 saturated heterocycles. The van der Waals surface area contributed by atoms with E-state index in [-0.39, 0.29) is 23.5 Å². The number of nitrogens with zero attached hydrogens (tertiary/aromatic N) is 2. The molecule has 0 aliphatic heterocycles. The highest BCUT2D eigenvalue weighted by Gasteiger charge is 2.17. The normalized spacial score (nSPS) is 14.2. The van der Waals surface area contributed by atoms with Crippen molar-refractivity contribution in [2.45, 2.75) is 37.1 Å². The third-order valence-corrected chi connectivity index (χ3v) is 6.45. The molecule has 1 aliphatic carbocycles. The van der Waals surface area contributed by atoms with Crippen LogP contribution in [-0.4, -0.2) is 24.7 Å². The van der Waals surface area contributed by atoms with Crippen molar-refractivity contribution in [3.05, 3.63) is 70.1 Å².